The number of fused-ring (bicyclic) bond motifs is 1. The second-order valence-electron chi connectivity index (χ2n) is 7.71. The van der Waals surface area contributed by atoms with E-state index in [4.69, 9.17) is 4.74 Å². The largest absolute Gasteiger partial charge is 0.497 e. The quantitative estimate of drug-likeness (QED) is 0.577. The highest BCUT2D eigenvalue weighted by Gasteiger charge is 2.19. The molecule has 1 aliphatic heterocycles. The summed E-state index contributed by atoms with van der Waals surface area (Å²) in [6, 6.07) is 16.5. The van der Waals surface area contributed by atoms with Crippen molar-refractivity contribution >= 4 is 21.6 Å². The van der Waals surface area contributed by atoms with Crippen LogP contribution < -0.4 is 10.3 Å². The first kappa shape index (κ1) is 19.2. The normalized spacial score (nSPS) is 15.9. The number of aromatic nitrogens is 1. The van der Waals surface area contributed by atoms with Crippen LogP contribution in [0.3, 0.4) is 0 Å². The molecule has 0 saturated carbocycles. The molecule has 4 nitrogen and oxygen atoms in total. The maximum absolute atomic E-state index is 12.6. The molecule has 5 heteroatoms. The summed E-state index contributed by atoms with van der Waals surface area (Å²) in [5.74, 6) is 1.54. The van der Waals surface area contributed by atoms with Crippen molar-refractivity contribution in [2.45, 2.75) is 38.8 Å². The van der Waals surface area contributed by atoms with E-state index in [1.54, 1.807) is 18.6 Å². The van der Waals surface area contributed by atoms with Crippen LogP contribution in [0.2, 0.25) is 0 Å². The number of methoxy groups -OCH3 is 1. The van der Waals surface area contributed by atoms with Crippen LogP contribution in [0.4, 0.5) is 0 Å². The van der Waals surface area contributed by atoms with Gasteiger partial charge in [0.25, 0.3) is 5.56 Å². The summed E-state index contributed by atoms with van der Waals surface area (Å²) in [4.78, 5) is 15.2. The standard InChI is InChI=1S/C23H28N2O2S/c1-27-20-9-10-22-21(16-20)23(26)25(28-22)13-5-8-18-11-14-24(15-12-18)17-19-6-3-2-4-7-19/h2-4,6-7,9-10,16,18H,5,8,11-15,17H2,1H3. The third-order valence-electron chi connectivity index (χ3n) is 5.78. The molecule has 28 heavy (non-hydrogen) atoms. The molecule has 0 N–H and O–H groups in total. The summed E-state index contributed by atoms with van der Waals surface area (Å²) in [6.45, 7) is 4.25. The number of ether oxygens (including phenoxy) is 1. The molecule has 1 aliphatic rings. The van der Waals surface area contributed by atoms with Crippen molar-refractivity contribution in [2.75, 3.05) is 20.2 Å². The van der Waals surface area contributed by atoms with Crippen LogP contribution in [0.5, 0.6) is 5.75 Å². The molecule has 1 aromatic heterocycles. The Kier molecular flexibility index (Phi) is 6.13. The molecular weight excluding hydrogens is 368 g/mol. The lowest BCUT2D eigenvalue weighted by Crippen LogP contribution is -2.33. The van der Waals surface area contributed by atoms with Gasteiger partial charge in [0.05, 0.1) is 17.2 Å². The summed E-state index contributed by atoms with van der Waals surface area (Å²) >= 11 is 1.57. The van der Waals surface area contributed by atoms with E-state index in [2.05, 4.69) is 35.2 Å². The van der Waals surface area contributed by atoms with Crippen molar-refractivity contribution in [3.63, 3.8) is 0 Å². The Balaban J connectivity index is 1.25. The van der Waals surface area contributed by atoms with Gasteiger partial charge in [-0.05, 0) is 68.5 Å². The van der Waals surface area contributed by atoms with Gasteiger partial charge in [0.1, 0.15) is 5.75 Å². The zero-order valence-electron chi connectivity index (χ0n) is 16.5. The van der Waals surface area contributed by atoms with Gasteiger partial charge < -0.3 is 4.74 Å². The molecule has 148 valence electrons. The second kappa shape index (κ2) is 8.93. The van der Waals surface area contributed by atoms with Gasteiger partial charge in [-0.15, -0.1) is 0 Å². The number of piperidine rings is 1. The van der Waals surface area contributed by atoms with E-state index in [9.17, 15) is 4.79 Å². The fraction of sp³-hybridized carbons (Fsp3) is 0.435. The van der Waals surface area contributed by atoms with Gasteiger partial charge in [-0.25, -0.2) is 0 Å². The molecule has 0 amide bonds. The Morgan fingerprint density at radius 3 is 2.64 bits per heavy atom. The van der Waals surface area contributed by atoms with E-state index in [0.717, 1.165) is 41.3 Å². The Morgan fingerprint density at radius 2 is 1.89 bits per heavy atom. The number of nitrogens with zero attached hydrogens (tertiary/aromatic N) is 2. The maximum Gasteiger partial charge on any atom is 0.268 e. The topological polar surface area (TPSA) is 34.5 Å². The fourth-order valence-electron chi connectivity index (χ4n) is 4.12. The van der Waals surface area contributed by atoms with E-state index in [1.807, 2.05) is 22.2 Å². The zero-order chi connectivity index (χ0) is 19.3. The van der Waals surface area contributed by atoms with Crippen molar-refractivity contribution in [3.05, 3.63) is 64.4 Å². The first-order valence-electron chi connectivity index (χ1n) is 10.2. The number of rotatable bonds is 7. The predicted molar refractivity (Wildman–Crippen MR) is 116 cm³/mol. The van der Waals surface area contributed by atoms with Crippen LogP contribution in [0, 0.1) is 5.92 Å². The predicted octanol–water partition coefficient (Wildman–Crippen LogP) is 4.76. The molecule has 0 bridgehead atoms. The van der Waals surface area contributed by atoms with Crippen molar-refractivity contribution in [1.29, 1.82) is 0 Å². The number of benzene rings is 2. The number of hydrogen-bond donors (Lipinski definition) is 0. The van der Waals surface area contributed by atoms with Crippen LogP contribution in [-0.4, -0.2) is 29.1 Å². The minimum absolute atomic E-state index is 0.122. The Labute approximate surface area is 170 Å². The molecule has 0 atom stereocenters. The van der Waals surface area contributed by atoms with Crippen LogP contribution in [0.25, 0.3) is 10.1 Å². The highest BCUT2D eigenvalue weighted by atomic mass is 32.1. The van der Waals surface area contributed by atoms with Gasteiger partial charge in [0.15, 0.2) is 0 Å². The van der Waals surface area contributed by atoms with Crippen molar-refractivity contribution in [1.82, 2.24) is 8.86 Å². The average molecular weight is 397 g/mol. The van der Waals surface area contributed by atoms with Crippen LogP contribution in [0.1, 0.15) is 31.2 Å². The van der Waals surface area contributed by atoms with E-state index in [-0.39, 0.29) is 5.56 Å². The summed E-state index contributed by atoms with van der Waals surface area (Å²) in [5.41, 5.74) is 1.53. The molecular formula is C23H28N2O2S. The van der Waals surface area contributed by atoms with E-state index < -0.39 is 0 Å². The van der Waals surface area contributed by atoms with Crippen LogP contribution in [0.15, 0.2) is 53.3 Å². The SMILES string of the molecule is COc1ccc2sn(CCCC3CCN(Cc4ccccc4)CC3)c(=O)c2c1. The summed E-state index contributed by atoms with van der Waals surface area (Å²) < 4.78 is 8.20. The minimum atomic E-state index is 0.122. The third-order valence-corrected chi connectivity index (χ3v) is 6.90. The smallest absolute Gasteiger partial charge is 0.268 e. The molecule has 2 heterocycles. The van der Waals surface area contributed by atoms with Gasteiger partial charge in [-0.2, -0.15) is 0 Å². The lowest BCUT2D eigenvalue weighted by atomic mass is 9.92. The van der Waals surface area contributed by atoms with Gasteiger partial charge in [0.2, 0.25) is 0 Å². The average Bonchev–Trinajstić information content (AvgIpc) is 3.05. The first-order valence-corrected chi connectivity index (χ1v) is 10.9. The molecule has 4 rings (SSSR count). The third kappa shape index (κ3) is 4.47. The van der Waals surface area contributed by atoms with Gasteiger partial charge in [-0.3, -0.25) is 13.7 Å². The maximum atomic E-state index is 12.6. The van der Waals surface area contributed by atoms with Gasteiger partial charge in [-0.1, -0.05) is 41.9 Å². The van der Waals surface area contributed by atoms with Crippen LogP contribution >= 0.6 is 11.5 Å². The van der Waals surface area contributed by atoms with Crippen molar-refractivity contribution in [2.24, 2.45) is 5.92 Å². The fourth-order valence-corrected chi connectivity index (χ4v) is 5.14. The van der Waals surface area contributed by atoms with E-state index >= 15 is 0 Å². The second-order valence-corrected chi connectivity index (χ2v) is 8.77. The molecule has 3 aromatic rings. The molecule has 0 aliphatic carbocycles. The van der Waals surface area contributed by atoms with Gasteiger partial charge in [0, 0.05) is 13.1 Å². The van der Waals surface area contributed by atoms with Crippen LogP contribution in [-0.2, 0) is 13.1 Å². The first-order chi connectivity index (χ1) is 13.7. The Morgan fingerprint density at radius 1 is 1.11 bits per heavy atom. The molecule has 1 fully saturated rings. The molecule has 0 unspecified atom stereocenters. The highest BCUT2D eigenvalue weighted by molar-refractivity contribution is 7.13. The molecule has 1 saturated heterocycles. The molecule has 0 spiro atoms. The monoisotopic (exact) mass is 396 g/mol. The zero-order valence-corrected chi connectivity index (χ0v) is 17.3. The van der Waals surface area contributed by atoms with E-state index in [1.165, 1.54) is 37.9 Å². The lowest BCUT2D eigenvalue weighted by molar-refractivity contribution is 0.170. The highest BCUT2D eigenvalue weighted by Crippen LogP contribution is 2.25. The van der Waals surface area contributed by atoms with Crippen molar-refractivity contribution < 1.29 is 4.74 Å². The molecule has 0 radical (unpaired) electrons. The van der Waals surface area contributed by atoms with Crippen molar-refractivity contribution in [3.8, 4) is 5.75 Å². The van der Waals surface area contributed by atoms with E-state index in [0.29, 0.717) is 0 Å². The lowest BCUT2D eigenvalue weighted by Gasteiger charge is -2.32. The Hall–Kier alpha value is -2.11. The number of likely N-dealkylation sites (tertiary alicyclic amines) is 1. The van der Waals surface area contributed by atoms with Gasteiger partial charge >= 0.3 is 0 Å². The number of aryl methyl sites for hydroxylation is 1. The number of hydrogen-bond acceptors (Lipinski definition) is 4. The summed E-state index contributed by atoms with van der Waals surface area (Å²) in [7, 11) is 1.64. The minimum Gasteiger partial charge on any atom is -0.497 e. The summed E-state index contributed by atoms with van der Waals surface area (Å²) in [5, 5.41) is 0.776. The molecule has 2 aromatic carbocycles. The Bertz CT molecular complexity index is 956. The summed E-state index contributed by atoms with van der Waals surface area (Å²) in [6.07, 6.45) is 4.83.